The van der Waals surface area contributed by atoms with E-state index < -0.39 is 5.60 Å². The molecule has 20 heavy (non-hydrogen) atoms. The zero-order valence-electron chi connectivity index (χ0n) is 11.7. The first-order valence-electron chi connectivity index (χ1n) is 6.26. The number of rotatable bonds is 3. The summed E-state index contributed by atoms with van der Waals surface area (Å²) in [6.45, 7) is 3.56. The van der Waals surface area contributed by atoms with Gasteiger partial charge >= 0.3 is 0 Å². The molecule has 5 heteroatoms. The van der Waals surface area contributed by atoms with Crippen LogP contribution in [0.15, 0.2) is 24.3 Å². The Labute approximate surface area is 123 Å². The summed E-state index contributed by atoms with van der Waals surface area (Å²) in [4.78, 5) is 0. The highest BCUT2D eigenvalue weighted by Gasteiger charge is 2.27. The maximum Gasteiger partial charge on any atom is 0.0991 e. The number of aryl methyl sites for hydroxylation is 2. The van der Waals surface area contributed by atoms with Crippen LogP contribution in [0.3, 0.4) is 0 Å². The zero-order chi connectivity index (χ0) is 14.9. The smallest absolute Gasteiger partial charge is 0.0991 e. The molecule has 0 aliphatic heterocycles. The maximum atomic E-state index is 10.7. The lowest BCUT2D eigenvalue weighted by Crippen LogP contribution is -2.25. The van der Waals surface area contributed by atoms with Gasteiger partial charge in [-0.3, -0.25) is 4.68 Å². The lowest BCUT2D eigenvalue weighted by molar-refractivity contribution is 0.0556. The van der Waals surface area contributed by atoms with Crippen LogP contribution >= 0.6 is 11.6 Å². The highest BCUT2D eigenvalue weighted by molar-refractivity contribution is 6.31. The Bertz CT molecular complexity index is 666. The molecule has 1 heterocycles. The highest BCUT2D eigenvalue weighted by atomic mass is 35.5. The van der Waals surface area contributed by atoms with Crippen molar-refractivity contribution >= 4 is 11.6 Å². The molecule has 1 unspecified atom stereocenters. The van der Waals surface area contributed by atoms with Gasteiger partial charge in [-0.2, -0.15) is 10.4 Å². The molecular formula is C15H16ClN3O. The van der Waals surface area contributed by atoms with E-state index in [2.05, 4.69) is 11.2 Å². The molecule has 0 saturated carbocycles. The summed E-state index contributed by atoms with van der Waals surface area (Å²) in [5, 5.41) is 24.3. The molecule has 0 spiro atoms. The van der Waals surface area contributed by atoms with E-state index in [-0.39, 0.29) is 0 Å². The molecule has 0 bridgehead atoms. The Morgan fingerprint density at radius 3 is 2.45 bits per heavy atom. The van der Waals surface area contributed by atoms with Gasteiger partial charge < -0.3 is 5.11 Å². The van der Waals surface area contributed by atoms with Gasteiger partial charge in [0.1, 0.15) is 0 Å². The van der Waals surface area contributed by atoms with E-state index in [1.165, 1.54) is 0 Å². The van der Waals surface area contributed by atoms with E-state index >= 15 is 0 Å². The van der Waals surface area contributed by atoms with Gasteiger partial charge in [-0.15, -0.1) is 0 Å². The van der Waals surface area contributed by atoms with E-state index in [0.717, 1.165) is 17.0 Å². The SMILES string of the molecule is Cc1nn(C)c(CC(C)(O)c2ccc(C#N)cc2)c1Cl. The second-order valence-corrected chi connectivity index (χ2v) is 5.49. The number of aliphatic hydroxyl groups is 1. The van der Waals surface area contributed by atoms with Crippen LogP contribution in [-0.2, 0) is 19.1 Å². The molecule has 0 saturated heterocycles. The van der Waals surface area contributed by atoms with Crippen molar-refractivity contribution in [2.75, 3.05) is 0 Å². The molecule has 104 valence electrons. The molecule has 1 N–H and O–H groups in total. The van der Waals surface area contributed by atoms with Crippen molar-refractivity contribution in [3.05, 3.63) is 51.8 Å². The Morgan fingerprint density at radius 2 is 2.00 bits per heavy atom. The fourth-order valence-electron chi connectivity index (χ4n) is 2.20. The zero-order valence-corrected chi connectivity index (χ0v) is 12.4. The van der Waals surface area contributed by atoms with Crippen LogP contribution < -0.4 is 0 Å². The van der Waals surface area contributed by atoms with Crippen molar-refractivity contribution < 1.29 is 5.11 Å². The van der Waals surface area contributed by atoms with Gasteiger partial charge in [0.25, 0.3) is 0 Å². The van der Waals surface area contributed by atoms with Gasteiger partial charge in [-0.1, -0.05) is 23.7 Å². The number of benzene rings is 1. The highest BCUT2D eigenvalue weighted by Crippen LogP contribution is 2.29. The number of nitrogens with zero attached hydrogens (tertiary/aromatic N) is 3. The molecule has 2 rings (SSSR count). The van der Waals surface area contributed by atoms with Crippen LogP contribution in [0.5, 0.6) is 0 Å². The third kappa shape index (κ3) is 2.69. The van der Waals surface area contributed by atoms with Gasteiger partial charge in [-0.05, 0) is 31.5 Å². The normalized spacial score (nSPS) is 13.8. The minimum Gasteiger partial charge on any atom is -0.385 e. The molecule has 0 aliphatic carbocycles. The van der Waals surface area contributed by atoms with Crippen molar-refractivity contribution in [2.45, 2.75) is 25.9 Å². The Morgan fingerprint density at radius 1 is 1.40 bits per heavy atom. The van der Waals surface area contributed by atoms with E-state index in [1.807, 2.05) is 14.0 Å². The summed E-state index contributed by atoms with van der Waals surface area (Å²) in [6.07, 6.45) is 0.356. The molecule has 0 fully saturated rings. The van der Waals surface area contributed by atoms with Crippen molar-refractivity contribution in [3.8, 4) is 6.07 Å². The van der Waals surface area contributed by atoms with E-state index in [0.29, 0.717) is 17.0 Å². The Kier molecular flexibility index (Phi) is 3.85. The molecule has 0 radical (unpaired) electrons. The van der Waals surface area contributed by atoms with Gasteiger partial charge in [0.05, 0.1) is 33.6 Å². The molecule has 1 aromatic heterocycles. The lowest BCUT2D eigenvalue weighted by Gasteiger charge is -2.24. The van der Waals surface area contributed by atoms with Gasteiger partial charge in [-0.25, -0.2) is 0 Å². The molecule has 2 aromatic rings. The molecule has 1 atom stereocenters. The molecule has 4 nitrogen and oxygen atoms in total. The average Bonchev–Trinajstić information content (AvgIpc) is 2.65. The molecule has 0 aliphatic rings. The van der Waals surface area contributed by atoms with Gasteiger partial charge in [0.2, 0.25) is 0 Å². The van der Waals surface area contributed by atoms with Crippen LogP contribution in [-0.4, -0.2) is 14.9 Å². The summed E-state index contributed by atoms with van der Waals surface area (Å²) in [7, 11) is 1.81. The minimum absolute atomic E-state index is 0.356. The van der Waals surface area contributed by atoms with E-state index in [4.69, 9.17) is 16.9 Å². The number of hydrogen-bond donors (Lipinski definition) is 1. The third-order valence-electron chi connectivity index (χ3n) is 3.41. The third-order valence-corrected chi connectivity index (χ3v) is 3.90. The Hall–Kier alpha value is -1.83. The van der Waals surface area contributed by atoms with Crippen LogP contribution in [0, 0.1) is 18.3 Å². The topological polar surface area (TPSA) is 61.8 Å². The summed E-state index contributed by atoms with van der Waals surface area (Å²) < 4.78 is 1.69. The summed E-state index contributed by atoms with van der Waals surface area (Å²) in [5.74, 6) is 0. The van der Waals surface area contributed by atoms with Gasteiger partial charge in [0, 0.05) is 13.5 Å². The summed E-state index contributed by atoms with van der Waals surface area (Å²) in [6, 6.07) is 8.97. The number of halogens is 1. The van der Waals surface area contributed by atoms with Crippen molar-refractivity contribution in [3.63, 3.8) is 0 Å². The minimum atomic E-state index is -1.07. The second-order valence-electron chi connectivity index (χ2n) is 5.11. The second kappa shape index (κ2) is 5.28. The first-order chi connectivity index (χ1) is 9.35. The van der Waals surface area contributed by atoms with Gasteiger partial charge in [0.15, 0.2) is 0 Å². The summed E-state index contributed by atoms with van der Waals surface area (Å²) in [5.41, 5.74) is 1.78. The number of hydrogen-bond acceptors (Lipinski definition) is 3. The Balaban J connectivity index is 2.32. The number of nitriles is 1. The van der Waals surface area contributed by atoms with Crippen molar-refractivity contribution in [1.82, 2.24) is 9.78 Å². The van der Waals surface area contributed by atoms with Crippen molar-refractivity contribution in [1.29, 1.82) is 5.26 Å². The monoisotopic (exact) mass is 289 g/mol. The quantitative estimate of drug-likeness (QED) is 0.945. The fraction of sp³-hybridized carbons (Fsp3) is 0.333. The van der Waals surface area contributed by atoms with Crippen LogP contribution in [0.25, 0.3) is 0 Å². The predicted molar refractivity (Wildman–Crippen MR) is 77.4 cm³/mol. The predicted octanol–water partition coefficient (Wildman–Crippen LogP) is 2.70. The molecular weight excluding hydrogens is 274 g/mol. The lowest BCUT2D eigenvalue weighted by atomic mass is 9.90. The average molecular weight is 290 g/mol. The number of aromatic nitrogens is 2. The first kappa shape index (κ1) is 14.6. The van der Waals surface area contributed by atoms with E-state index in [1.54, 1.807) is 35.9 Å². The van der Waals surface area contributed by atoms with Crippen LogP contribution in [0.1, 0.15) is 29.4 Å². The first-order valence-corrected chi connectivity index (χ1v) is 6.64. The van der Waals surface area contributed by atoms with Crippen molar-refractivity contribution in [2.24, 2.45) is 7.05 Å². The molecule has 0 amide bonds. The van der Waals surface area contributed by atoms with E-state index in [9.17, 15) is 5.11 Å². The van der Waals surface area contributed by atoms with Crippen LogP contribution in [0.4, 0.5) is 0 Å². The fourth-order valence-corrected chi connectivity index (χ4v) is 2.43. The standard InChI is InChI=1S/C15H16ClN3O/c1-10-14(16)13(19(3)18-10)8-15(2,20)12-6-4-11(9-17)5-7-12/h4-7,20H,8H2,1-3H3. The maximum absolute atomic E-state index is 10.7. The summed E-state index contributed by atoms with van der Waals surface area (Å²) >= 11 is 6.22. The molecule has 1 aromatic carbocycles. The van der Waals surface area contributed by atoms with Crippen LogP contribution in [0.2, 0.25) is 5.02 Å². The largest absolute Gasteiger partial charge is 0.385 e.